The molecule has 0 saturated carbocycles. The Morgan fingerprint density at radius 3 is 0.984 bits per heavy atom. The molecule has 64 heavy (non-hydrogen) atoms. The number of hydrogen-bond donors (Lipinski definition) is 0. The molecule has 0 bridgehead atoms. The largest absolute Gasteiger partial charge is 0.494 e. The zero-order chi connectivity index (χ0) is 49.6. The van der Waals surface area contributed by atoms with Crippen LogP contribution in [0.25, 0.3) is 0 Å². The molecule has 362 valence electrons. The smallest absolute Gasteiger partial charge is 0.460 e. The van der Waals surface area contributed by atoms with Gasteiger partial charge in [0.1, 0.15) is 11.5 Å². The summed E-state index contributed by atoms with van der Waals surface area (Å²) < 4.78 is 341. The Morgan fingerprint density at radius 1 is 0.406 bits per heavy atom. The number of benzene rings is 3. The fraction of sp³-hybridized carbons (Fsp3) is 0.472. The van der Waals surface area contributed by atoms with Crippen LogP contribution in [0.5, 0.6) is 11.5 Å². The number of carbonyl (C=O) groups is 1. The van der Waals surface area contributed by atoms with Crippen molar-refractivity contribution in [2.75, 3.05) is 13.2 Å². The summed E-state index contributed by atoms with van der Waals surface area (Å²) in [6.07, 6.45) is -7.38. The van der Waals surface area contributed by atoms with Crippen molar-refractivity contribution in [1.82, 2.24) is 0 Å². The van der Waals surface area contributed by atoms with Gasteiger partial charge in [0.25, 0.3) is 0 Å². The van der Waals surface area contributed by atoms with E-state index in [4.69, 9.17) is 13.7 Å². The normalized spacial score (nSPS) is 14.9. The number of halogens is 23. The summed E-state index contributed by atoms with van der Waals surface area (Å²) in [5, 5.41) is 0. The molecule has 0 unspecified atom stereocenters. The van der Waals surface area contributed by atoms with Crippen LogP contribution in [0.2, 0.25) is 0 Å². The van der Waals surface area contributed by atoms with Crippen molar-refractivity contribution >= 4 is 16.3 Å². The average Bonchev–Trinajstić information content (AvgIpc) is 3.20. The van der Waals surface area contributed by atoms with E-state index >= 15 is 17.6 Å². The van der Waals surface area contributed by atoms with E-state index < -0.39 is 96.4 Å². The summed E-state index contributed by atoms with van der Waals surface area (Å²) in [6.45, 7) is 3.37. The van der Waals surface area contributed by atoms with Gasteiger partial charge in [0.05, 0.1) is 13.2 Å². The lowest BCUT2D eigenvalue weighted by molar-refractivity contribution is -0.477. The molecule has 3 aromatic carbocycles. The highest BCUT2D eigenvalue weighted by molar-refractivity contribution is 8.30. The molecule has 0 spiro atoms. The van der Waals surface area contributed by atoms with Gasteiger partial charge < -0.3 is 13.7 Å². The summed E-state index contributed by atoms with van der Waals surface area (Å²) >= 11 is 0. The van der Waals surface area contributed by atoms with Crippen LogP contribution in [-0.2, 0) is 8.98 Å². The van der Waals surface area contributed by atoms with E-state index in [0.29, 0.717) is 12.8 Å². The second kappa shape index (κ2) is 17.4. The van der Waals surface area contributed by atoms with E-state index in [-0.39, 0.29) is 24.7 Å². The van der Waals surface area contributed by atoms with Crippen molar-refractivity contribution < 1.29 is 119 Å². The summed E-state index contributed by atoms with van der Waals surface area (Å²) in [5.74, 6) is -94.9. The van der Waals surface area contributed by atoms with Crippen LogP contribution in [0.15, 0.2) is 93.5 Å². The monoisotopic (exact) mass is 992 g/mol. The summed E-state index contributed by atoms with van der Waals surface area (Å²) in [5.41, 5.74) is 0. The van der Waals surface area contributed by atoms with Crippen LogP contribution in [-0.4, -0.2) is 84.6 Å². The Labute approximate surface area is 346 Å². The molecule has 28 heteroatoms. The zero-order valence-electron chi connectivity index (χ0n) is 31.6. The molecule has 4 nitrogen and oxygen atoms in total. The molecule has 0 heterocycles. The maximum atomic E-state index is 15.6. The molecule has 0 radical (unpaired) electrons. The first-order valence-corrected chi connectivity index (χ1v) is 18.8. The van der Waals surface area contributed by atoms with Gasteiger partial charge in [-0.3, -0.25) is 0 Å². The van der Waals surface area contributed by atoms with E-state index in [1.807, 2.05) is 0 Å². The third-order valence-electron chi connectivity index (χ3n) is 8.69. The van der Waals surface area contributed by atoms with Crippen molar-refractivity contribution in [2.45, 2.75) is 107 Å². The second-order valence-corrected chi connectivity index (χ2v) is 15.8. The molecule has 0 aliphatic rings. The van der Waals surface area contributed by atoms with Crippen molar-refractivity contribution in [3.63, 3.8) is 0 Å². The third-order valence-corrected chi connectivity index (χ3v) is 11.9. The Morgan fingerprint density at radius 2 is 0.688 bits per heavy atom. The maximum absolute atomic E-state index is 15.6. The van der Waals surface area contributed by atoms with Crippen LogP contribution in [0, 0.1) is 0 Å². The molecule has 0 amide bonds. The predicted octanol–water partition coefficient (Wildman–Crippen LogP) is 13.9. The molecule has 0 aromatic heterocycles. The fourth-order valence-corrected chi connectivity index (χ4v) is 8.12. The summed E-state index contributed by atoms with van der Waals surface area (Å²) in [7, 11) is -4.52. The van der Waals surface area contributed by atoms with Crippen molar-refractivity contribution in [1.29, 1.82) is 0 Å². The highest BCUT2D eigenvalue weighted by Gasteiger charge is 2.99. The lowest BCUT2D eigenvalue weighted by Gasteiger charge is -2.45. The van der Waals surface area contributed by atoms with Gasteiger partial charge >= 0.3 is 71.4 Å². The Kier molecular flexibility index (Phi) is 14.6. The minimum atomic E-state index is -9.58. The molecule has 3 aromatic rings. The van der Waals surface area contributed by atoms with Gasteiger partial charge in [-0.05, 0) is 83.8 Å². The van der Waals surface area contributed by atoms with Crippen molar-refractivity contribution in [2.24, 2.45) is 0 Å². The number of hydrogen-bond acceptors (Lipinski definition) is 4. The molecule has 0 saturated heterocycles. The van der Waals surface area contributed by atoms with Crippen LogP contribution in [0.3, 0.4) is 0 Å². The predicted molar refractivity (Wildman–Crippen MR) is 175 cm³/mol. The zero-order valence-corrected chi connectivity index (χ0v) is 32.4. The van der Waals surface area contributed by atoms with Gasteiger partial charge in [-0.15, -0.1) is 0 Å². The molecule has 0 N–H and O–H groups in total. The first-order chi connectivity index (χ1) is 28.8. The maximum Gasteiger partial charge on any atom is 0.460 e. The standard InChI is InChI=1S/C36H27F23O4S/c1-3-18-61-20-10-14-23(15-11-20)64(22-8-6-5-7-9-22,24-16-12-21(13-17-24)62-19-4-2)63-25(60)26(37,38)27(39,40)28(41,42)29(43,44)30(45,46)31(47,48)32(49,50)33(51,52)34(53,54)35(55,56)36(57,58)59/h5-17H,3-4,18-19H2,1-2H3. The second-order valence-electron chi connectivity index (χ2n) is 13.1. The molecular weight excluding hydrogens is 965 g/mol. The minimum Gasteiger partial charge on any atom is -0.494 e. The fourth-order valence-electron chi connectivity index (χ4n) is 5.11. The Balaban J connectivity index is 2.28. The summed E-state index contributed by atoms with van der Waals surface area (Å²) in [6, 6.07) is 13.0. The number of rotatable bonds is 20. The van der Waals surface area contributed by atoms with E-state index in [9.17, 15) is 88.2 Å². The van der Waals surface area contributed by atoms with Crippen molar-refractivity contribution in [3.05, 3.63) is 78.9 Å². The van der Waals surface area contributed by atoms with E-state index in [1.54, 1.807) is 13.8 Å². The van der Waals surface area contributed by atoms with Gasteiger partial charge in [0.15, 0.2) is 0 Å². The molecule has 0 aliphatic carbocycles. The van der Waals surface area contributed by atoms with Gasteiger partial charge in [0, 0.05) is 14.7 Å². The average molecular weight is 993 g/mol. The van der Waals surface area contributed by atoms with Gasteiger partial charge in [-0.2, -0.15) is 101 Å². The van der Waals surface area contributed by atoms with Crippen LogP contribution in [0.1, 0.15) is 26.7 Å². The first-order valence-electron chi connectivity index (χ1n) is 17.2. The van der Waals surface area contributed by atoms with E-state index in [0.717, 1.165) is 72.8 Å². The number of alkyl halides is 23. The van der Waals surface area contributed by atoms with Crippen molar-refractivity contribution in [3.8, 4) is 11.5 Å². The van der Waals surface area contributed by atoms with E-state index in [1.165, 1.54) is 6.07 Å². The summed E-state index contributed by atoms with van der Waals surface area (Å²) in [4.78, 5) is 11.6. The number of ether oxygens (including phenoxy) is 2. The van der Waals surface area contributed by atoms with E-state index in [2.05, 4.69) is 0 Å². The third kappa shape index (κ3) is 8.09. The minimum absolute atomic E-state index is 0.0146. The van der Waals surface area contributed by atoms with Crippen LogP contribution in [0.4, 0.5) is 101 Å². The molecule has 3 rings (SSSR count). The number of carbonyl (C=O) groups excluding carboxylic acids is 1. The first kappa shape index (κ1) is 53.8. The quantitative estimate of drug-likeness (QED) is 0.106. The highest BCUT2D eigenvalue weighted by Crippen LogP contribution is 2.71. The Hall–Kier alpha value is -4.53. The lowest BCUT2D eigenvalue weighted by atomic mass is 9.85. The Bertz CT molecular complexity index is 2000. The molecule has 0 fully saturated rings. The highest BCUT2D eigenvalue weighted by atomic mass is 32.3. The van der Waals surface area contributed by atoms with Gasteiger partial charge in [-0.1, -0.05) is 32.0 Å². The molecule has 0 aliphatic heterocycles. The SMILES string of the molecule is CCCOc1ccc(S(OC(=O)C(F)(F)C(F)(F)C(F)(F)C(F)(F)C(F)(F)C(F)(F)C(F)(F)C(F)(F)C(F)(F)C(F)(F)C(F)(F)F)(c2ccccc2)c2ccc(OCCC)cc2)cc1. The van der Waals surface area contributed by atoms with Gasteiger partial charge in [-0.25, -0.2) is 4.79 Å². The molecular formula is C36H27F23O4S. The lowest BCUT2D eigenvalue weighted by Crippen LogP contribution is -2.78. The van der Waals surface area contributed by atoms with Gasteiger partial charge in [0.2, 0.25) is 0 Å². The topological polar surface area (TPSA) is 44.8 Å². The van der Waals surface area contributed by atoms with Crippen LogP contribution < -0.4 is 9.47 Å². The van der Waals surface area contributed by atoms with Crippen LogP contribution >= 0.6 is 10.3 Å². The molecule has 0 atom stereocenters.